The molecule has 1 aliphatic heterocycles. The maximum Gasteiger partial charge on any atom is 0.264 e. The standard InChI is InChI=1S/C13H9BrFN3O3S/c14-8-5-11-13(16-6-8)17-12(19)7-18(11)22(20,21)10-3-1-9(15)2-4-10/h1-6H,7H2,(H,16,17,19). The predicted molar refractivity (Wildman–Crippen MR) is 81.5 cm³/mol. The van der Waals surface area contributed by atoms with Crippen molar-refractivity contribution in [1.29, 1.82) is 0 Å². The van der Waals surface area contributed by atoms with Gasteiger partial charge in [0.1, 0.15) is 12.4 Å². The molecule has 1 aliphatic rings. The molecule has 1 N–H and O–H groups in total. The molecule has 1 aromatic carbocycles. The SMILES string of the molecule is O=C1CN(S(=O)(=O)c2ccc(F)cc2)c2cc(Br)cnc2N1. The van der Waals surface area contributed by atoms with Gasteiger partial charge >= 0.3 is 0 Å². The summed E-state index contributed by atoms with van der Waals surface area (Å²) in [4.78, 5) is 15.6. The van der Waals surface area contributed by atoms with Crippen LogP contribution >= 0.6 is 15.9 Å². The van der Waals surface area contributed by atoms with E-state index in [2.05, 4.69) is 26.2 Å². The summed E-state index contributed by atoms with van der Waals surface area (Å²) in [6.45, 7) is -0.370. The average molecular weight is 386 g/mol. The molecule has 0 radical (unpaired) electrons. The number of amides is 1. The highest BCUT2D eigenvalue weighted by Crippen LogP contribution is 2.33. The molecule has 0 unspecified atom stereocenters. The molecule has 0 aliphatic carbocycles. The van der Waals surface area contributed by atoms with Crippen LogP contribution in [-0.2, 0) is 14.8 Å². The van der Waals surface area contributed by atoms with Crippen LogP contribution in [0.2, 0.25) is 0 Å². The van der Waals surface area contributed by atoms with Crippen molar-refractivity contribution in [2.45, 2.75) is 4.90 Å². The van der Waals surface area contributed by atoms with Crippen LogP contribution in [0.25, 0.3) is 0 Å². The van der Waals surface area contributed by atoms with Gasteiger partial charge in [0.05, 0.1) is 10.6 Å². The third kappa shape index (κ3) is 2.57. The van der Waals surface area contributed by atoms with Gasteiger partial charge in [0.15, 0.2) is 5.82 Å². The molecule has 3 rings (SSSR count). The maximum atomic E-state index is 13.0. The van der Waals surface area contributed by atoms with Gasteiger partial charge in [-0.3, -0.25) is 9.10 Å². The van der Waals surface area contributed by atoms with Crippen LogP contribution in [0.3, 0.4) is 0 Å². The lowest BCUT2D eigenvalue weighted by Gasteiger charge is -2.29. The molecule has 22 heavy (non-hydrogen) atoms. The Labute approximate surface area is 134 Å². The van der Waals surface area contributed by atoms with Crippen molar-refractivity contribution < 1.29 is 17.6 Å². The van der Waals surface area contributed by atoms with Crippen molar-refractivity contribution in [2.24, 2.45) is 0 Å². The minimum atomic E-state index is -4.00. The molecular weight excluding hydrogens is 377 g/mol. The van der Waals surface area contributed by atoms with E-state index in [1.807, 2.05) is 0 Å². The smallest absolute Gasteiger partial charge is 0.264 e. The first-order valence-corrected chi connectivity index (χ1v) is 8.35. The highest BCUT2D eigenvalue weighted by molar-refractivity contribution is 9.10. The Morgan fingerprint density at radius 3 is 2.64 bits per heavy atom. The summed E-state index contributed by atoms with van der Waals surface area (Å²) < 4.78 is 39.9. The van der Waals surface area contributed by atoms with E-state index in [-0.39, 0.29) is 22.9 Å². The van der Waals surface area contributed by atoms with E-state index >= 15 is 0 Å². The number of pyridine rings is 1. The van der Waals surface area contributed by atoms with Crippen molar-refractivity contribution >= 4 is 43.4 Å². The molecule has 0 bridgehead atoms. The molecule has 2 aromatic rings. The van der Waals surface area contributed by atoms with Crippen molar-refractivity contribution in [1.82, 2.24) is 4.98 Å². The largest absolute Gasteiger partial charge is 0.307 e. The Hall–Kier alpha value is -2.00. The Kier molecular flexibility index (Phi) is 3.61. The molecule has 0 saturated carbocycles. The van der Waals surface area contributed by atoms with Crippen LogP contribution in [0.1, 0.15) is 0 Å². The number of nitrogens with one attached hydrogen (secondary N) is 1. The summed E-state index contributed by atoms with van der Waals surface area (Å²) in [7, 11) is -4.00. The second-order valence-electron chi connectivity index (χ2n) is 4.54. The summed E-state index contributed by atoms with van der Waals surface area (Å²) in [6.07, 6.45) is 1.45. The molecule has 1 amide bonds. The zero-order valence-corrected chi connectivity index (χ0v) is 13.4. The van der Waals surface area contributed by atoms with Crippen molar-refractivity contribution in [3.8, 4) is 0 Å². The van der Waals surface area contributed by atoms with E-state index in [1.165, 1.54) is 6.20 Å². The van der Waals surface area contributed by atoms with Crippen molar-refractivity contribution in [2.75, 3.05) is 16.2 Å². The molecule has 0 fully saturated rings. The zero-order chi connectivity index (χ0) is 15.9. The van der Waals surface area contributed by atoms with E-state index < -0.39 is 21.7 Å². The number of rotatable bonds is 2. The van der Waals surface area contributed by atoms with Gasteiger partial charge in [-0.1, -0.05) is 0 Å². The second-order valence-corrected chi connectivity index (χ2v) is 7.31. The zero-order valence-electron chi connectivity index (χ0n) is 11.0. The molecule has 9 heteroatoms. The van der Waals surface area contributed by atoms with Gasteiger partial charge in [-0.15, -0.1) is 0 Å². The Bertz CT molecular complexity index is 855. The van der Waals surface area contributed by atoms with Crippen molar-refractivity contribution in [3.05, 3.63) is 46.8 Å². The first-order chi connectivity index (χ1) is 10.4. The first kappa shape index (κ1) is 14.9. The van der Waals surface area contributed by atoms with Crippen molar-refractivity contribution in [3.63, 3.8) is 0 Å². The van der Waals surface area contributed by atoms with Gasteiger partial charge in [-0.2, -0.15) is 0 Å². The number of anilines is 2. The number of carbonyl (C=O) groups excluding carboxylic acids is 1. The Morgan fingerprint density at radius 2 is 1.95 bits per heavy atom. The number of fused-ring (bicyclic) bond motifs is 1. The fourth-order valence-corrected chi connectivity index (χ4v) is 3.79. The second kappa shape index (κ2) is 5.33. The minimum absolute atomic E-state index is 0.102. The van der Waals surface area contributed by atoms with Gasteiger partial charge in [0, 0.05) is 10.7 Å². The van der Waals surface area contributed by atoms with Crippen LogP contribution in [0.4, 0.5) is 15.9 Å². The molecule has 114 valence electrons. The third-order valence-corrected chi connectivity index (χ3v) is 5.26. The third-order valence-electron chi connectivity index (χ3n) is 3.05. The van der Waals surface area contributed by atoms with Gasteiger partial charge in [-0.05, 0) is 46.3 Å². The van der Waals surface area contributed by atoms with Crippen LogP contribution in [0.5, 0.6) is 0 Å². The molecule has 1 aromatic heterocycles. The van der Waals surface area contributed by atoms with Crippen LogP contribution in [0, 0.1) is 5.82 Å². The van der Waals surface area contributed by atoms with Gasteiger partial charge in [0.2, 0.25) is 5.91 Å². The van der Waals surface area contributed by atoms with Gasteiger partial charge in [0.25, 0.3) is 10.0 Å². The lowest BCUT2D eigenvalue weighted by Crippen LogP contribution is -2.42. The number of carbonyl (C=O) groups is 1. The number of benzene rings is 1. The monoisotopic (exact) mass is 385 g/mol. The van der Waals surface area contributed by atoms with E-state index in [0.717, 1.165) is 28.6 Å². The van der Waals surface area contributed by atoms with E-state index in [1.54, 1.807) is 6.07 Å². The molecule has 0 spiro atoms. The lowest BCUT2D eigenvalue weighted by atomic mass is 10.3. The van der Waals surface area contributed by atoms with Gasteiger partial charge < -0.3 is 5.32 Å². The highest BCUT2D eigenvalue weighted by Gasteiger charge is 2.33. The number of aromatic nitrogens is 1. The summed E-state index contributed by atoms with van der Waals surface area (Å²) in [5.74, 6) is -0.877. The normalized spacial score (nSPS) is 14.5. The molecule has 6 nitrogen and oxygen atoms in total. The quantitative estimate of drug-likeness (QED) is 0.858. The fraction of sp³-hybridized carbons (Fsp3) is 0.0769. The summed E-state index contributed by atoms with van der Waals surface area (Å²) in [6, 6.07) is 5.96. The number of halogens is 2. The summed E-state index contributed by atoms with van der Waals surface area (Å²) in [5.41, 5.74) is 0.248. The van der Waals surface area contributed by atoms with Crippen LogP contribution in [0.15, 0.2) is 45.9 Å². The first-order valence-electron chi connectivity index (χ1n) is 6.11. The minimum Gasteiger partial charge on any atom is -0.307 e. The van der Waals surface area contributed by atoms with Crippen LogP contribution < -0.4 is 9.62 Å². The van der Waals surface area contributed by atoms with Gasteiger partial charge in [-0.25, -0.2) is 17.8 Å². The van der Waals surface area contributed by atoms with E-state index in [0.29, 0.717) is 4.47 Å². The number of hydrogen-bond acceptors (Lipinski definition) is 4. The molecule has 0 saturated heterocycles. The Balaban J connectivity index is 2.13. The maximum absolute atomic E-state index is 13.0. The molecule has 2 heterocycles. The predicted octanol–water partition coefficient (Wildman–Crippen LogP) is 2.13. The summed E-state index contributed by atoms with van der Waals surface area (Å²) in [5, 5.41) is 2.51. The topological polar surface area (TPSA) is 79.4 Å². The van der Waals surface area contributed by atoms with E-state index in [4.69, 9.17) is 0 Å². The number of hydrogen-bond donors (Lipinski definition) is 1. The number of sulfonamides is 1. The molecule has 0 atom stereocenters. The van der Waals surface area contributed by atoms with E-state index in [9.17, 15) is 17.6 Å². The molecular formula is C13H9BrFN3O3S. The Morgan fingerprint density at radius 1 is 1.27 bits per heavy atom. The highest BCUT2D eigenvalue weighted by atomic mass is 79.9. The average Bonchev–Trinajstić information content (AvgIpc) is 2.47. The fourth-order valence-electron chi connectivity index (χ4n) is 2.05. The van der Waals surface area contributed by atoms with Crippen LogP contribution in [-0.4, -0.2) is 25.9 Å². The number of nitrogens with zero attached hydrogens (tertiary/aromatic N) is 2. The summed E-state index contributed by atoms with van der Waals surface area (Å²) >= 11 is 3.22. The lowest BCUT2D eigenvalue weighted by molar-refractivity contribution is -0.115.